The normalized spacial score (nSPS) is 11.9. The van der Waals surface area contributed by atoms with Gasteiger partial charge in [-0.3, -0.25) is 13.9 Å². The third-order valence-corrected chi connectivity index (χ3v) is 9.54. The van der Waals surface area contributed by atoms with E-state index in [0.717, 1.165) is 9.87 Å². The summed E-state index contributed by atoms with van der Waals surface area (Å²) in [6.07, 6.45) is 0.190. The smallest absolute Gasteiger partial charge is 0.264 e. The molecule has 4 aromatic rings. The molecular formula is C35H37Cl2N3O6S. The molecule has 4 aromatic carbocycles. The van der Waals surface area contributed by atoms with Gasteiger partial charge in [0.15, 0.2) is 11.5 Å². The fraction of sp³-hybridized carbons (Fsp3) is 0.257. The van der Waals surface area contributed by atoms with Crippen LogP contribution in [0.4, 0.5) is 5.69 Å². The molecule has 0 aliphatic rings. The number of nitrogens with one attached hydrogen (secondary N) is 1. The molecule has 0 saturated carbocycles. The van der Waals surface area contributed by atoms with Crippen LogP contribution < -0.4 is 19.1 Å². The Morgan fingerprint density at radius 2 is 1.45 bits per heavy atom. The zero-order chi connectivity index (χ0) is 34.1. The zero-order valence-corrected chi connectivity index (χ0v) is 28.9. The summed E-state index contributed by atoms with van der Waals surface area (Å²) in [4.78, 5) is 29.6. The molecule has 248 valence electrons. The number of ether oxygens (including phenoxy) is 2. The van der Waals surface area contributed by atoms with E-state index in [0.29, 0.717) is 21.4 Å². The second kappa shape index (κ2) is 16.0. The van der Waals surface area contributed by atoms with Crippen molar-refractivity contribution in [2.24, 2.45) is 0 Å². The summed E-state index contributed by atoms with van der Waals surface area (Å²) in [6, 6.07) is 25.4. The van der Waals surface area contributed by atoms with Crippen LogP contribution in [0.2, 0.25) is 10.0 Å². The minimum Gasteiger partial charge on any atom is -0.493 e. The lowest BCUT2D eigenvalue weighted by Gasteiger charge is -2.34. The van der Waals surface area contributed by atoms with Crippen LogP contribution in [0, 0.1) is 0 Å². The number of amides is 2. The van der Waals surface area contributed by atoms with Gasteiger partial charge in [-0.05, 0) is 73.5 Å². The van der Waals surface area contributed by atoms with Crippen molar-refractivity contribution in [3.63, 3.8) is 0 Å². The Bertz CT molecular complexity index is 1790. The lowest BCUT2D eigenvalue weighted by molar-refractivity contribution is -0.140. The van der Waals surface area contributed by atoms with Crippen LogP contribution in [-0.2, 0) is 32.6 Å². The molecule has 0 saturated heterocycles. The molecule has 1 N–H and O–H groups in total. The number of rotatable bonds is 14. The van der Waals surface area contributed by atoms with Gasteiger partial charge in [0, 0.05) is 35.1 Å². The van der Waals surface area contributed by atoms with Crippen LogP contribution in [0.3, 0.4) is 0 Å². The van der Waals surface area contributed by atoms with Crippen LogP contribution >= 0.6 is 23.2 Å². The van der Waals surface area contributed by atoms with E-state index in [1.165, 1.54) is 61.6 Å². The lowest BCUT2D eigenvalue weighted by atomic mass is 10.0. The molecule has 12 heteroatoms. The summed E-state index contributed by atoms with van der Waals surface area (Å²) in [7, 11) is -1.53. The molecule has 47 heavy (non-hydrogen) atoms. The Morgan fingerprint density at radius 1 is 0.787 bits per heavy atom. The Kier molecular flexibility index (Phi) is 12.1. The maximum atomic E-state index is 14.5. The van der Waals surface area contributed by atoms with Gasteiger partial charge in [-0.15, -0.1) is 0 Å². The highest BCUT2D eigenvalue weighted by molar-refractivity contribution is 7.92. The minimum atomic E-state index is -4.37. The molecule has 0 spiro atoms. The van der Waals surface area contributed by atoms with Crippen molar-refractivity contribution in [2.75, 3.05) is 25.1 Å². The van der Waals surface area contributed by atoms with E-state index in [2.05, 4.69) is 5.32 Å². The van der Waals surface area contributed by atoms with Gasteiger partial charge in [-0.25, -0.2) is 8.42 Å². The van der Waals surface area contributed by atoms with Gasteiger partial charge < -0.3 is 19.7 Å². The first-order chi connectivity index (χ1) is 22.4. The van der Waals surface area contributed by atoms with Crippen molar-refractivity contribution in [3.8, 4) is 11.5 Å². The number of nitrogens with zero attached hydrogens (tertiary/aromatic N) is 2. The van der Waals surface area contributed by atoms with E-state index >= 15 is 0 Å². The number of carbonyl (C=O) groups excluding carboxylic acids is 2. The van der Waals surface area contributed by atoms with Crippen molar-refractivity contribution < 1.29 is 27.5 Å². The number of halogens is 2. The van der Waals surface area contributed by atoms with Crippen molar-refractivity contribution in [2.45, 2.75) is 43.8 Å². The molecule has 1 atom stereocenters. The van der Waals surface area contributed by atoms with E-state index in [4.69, 9.17) is 32.7 Å². The van der Waals surface area contributed by atoms with Crippen molar-refractivity contribution >= 4 is 50.7 Å². The summed E-state index contributed by atoms with van der Waals surface area (Å²) in [5.74, 6) is -0.441. The summed E-state index contributed by atoms with van der Waals surface area (Å²) in [5, 5.41) is 3.78. The number of anilines is 1. The van der Waals surface area contributed by atoms with E-state index in [-0.39, 0.29) is 41.2 Å². The maximum Gasteiger partial charge on any atom is 0.264 e. The molecule has 0 aromatic heterocycles. The number of hydrogen-bond donors (Lipinski definition) is 1. The number of benzene rings is 4. The van der Waals surface area contributed by atoms with Gasteiger partial charge in [-0.1, -0.05) is 65.7 Å². The molecular weight excluding hydrogens is 661 g/mol. The van der Waals surface area contributed by atoms with Crippen molar-refractivity contribution in [3.05, 3.63) is 118 Å². The molecule has 4 rings (SSSR count). The average molecular weight is 699 g/mol. The monoisotopic (exact) mass is 697 g/mol. The van der Waals surface area contributed by atoms with Gasteiger partial charge in [-0.2, -0.15) is 0 Å². The summed E-state index contributed by atoms with van der Waals surface area (Å²) in [6.45, 7) is 3.03. The molecule has 0 heterocycles. The van der Waals surface area contributed by atoms with E-state index in [9.17, 15) is 18.0 Å². The Balaban J connectivity index is 1.83. The molecule has 0 aliphatic carbocycles. The fourth-order valence-electron chi connectivity index (χ4n) is 5.01. The summed E-state index contributed by atoms with van der Waals surface area (Å²) in [5.41, 5.74) is 1.70. The van der Waals surface area contributed by atoms with E-state index < -0.39 is 28.5 Å². The van der Waals surface area contributed by atoms with Gasteiger partial charge in [0.05, 0.1) is 24.8 Å². The minimum absolute atomic E-state index is 0.00667. The lowest BCUT2D eigenvalue weighted by Crippen LogP contribution is -2.54. The highest BCUT2D eigenvalue weighted by Gasteiger charge is 2.35. The Morgan fingerprint density at radius 3 is 2.06 bits per heavy atom. The predicted octanol–water partition coefficient (Wildman–Crippen LogP) is 6.37. The second-order valence-corrected chi connectivity index (χ2v) is 13.8. The second-order valence-electron chi connectivity index (χ2n) is 11.0. The van der Waals surface area contributed by atoms with Gasteiger partial charge in [0.2, 0.25) is 11.8 Å². The SMILES string of the molecule is COc1ccc(S(=O)(=O)N(CC(=O)N(Cc2cccc(Cl)c2)C(Cc2ccccc2)C(=O)NC(C)C)c2ccc(Cl)cc2)cc1OC. The van der Waals surface area contributed by atoms with Crippen LogP contribution in [0.25, 0.3) is 0 Å². The number of methoxy groups -OCH3 is 2. The molecule has 0 bridgehead atoms. The average Bonchev–Trinajstić information content (AvgIpc) is 3.05. The third-order valence-electron chi connectivity index (χ3n) is 7.28. The van der Waals surface area contributed by atoms with Crippen LogP contribution in [0.5, 0.6) is 11.5 Å². The molecule has 0 radical (unpaired) electrons. The van der Waals surface area contributed by atoms with Gasteiger partial charge >= 0.3 is 0 Å². The Labute approximate surface area is 286 Å². The van der Waals surface area contributed by atoms with Gasteiger partial charge in [0.25, 0.3) is 10.0 Å². The topological polar surface area (TPSA) is 105 Å². The van der Waals surface area contributed by atoms with Crippen LogP contribution in [0.1, 0.15) is 25.0 Å². The number of hydrogen-bond acceptors (Lipinski definition) is 6. The Hall–Kier alpha value is -4.25. The number of carbonyl (C=O) groups is 2. The molecule has 2 amide bonds. The first-order valence-electron chi connectivity index (χ1n) is 14.8. The maximum absolute atomic E-state index is 14.5. The van der Waals surface area contributed by atoms with Crippen LogP contribution in [-0.4, -0.2) is 58.0 Å². The molecule has 9 nitrogen and oxygen atoms in total. The first-order valence-corrected chi connectivity index (χ1v) is 17.0. The van der Waals surface area contributed by atoms with Crippen molar-refractivity contribution in [1.82, 2.24) is 10.2 Å². The standard InChI is InChI=1S/C35H37Cl2N3O6S/c1-24(2)38-35(42)31(20-25-9-6-5-7-10-25)39(22-26-11-8-12-28(37)19-26)34(41)23-40(29-15-13-27(36)14-16-29)47(43,44)30-17-18-32(45-3)33(21-30)46-4/h5-19,21,24,31H,20,22-23H2,1-4H3,(H,38,42). The van der Waals surface area contributed by atoms with Crippen molar-refractivity contribution in [1.29, 1.82) is 0 Å². The molecule has 0 aliphatic heterocycles. The molecule has 1 unspecified atom stereocenters. The largest absolute Gasteiger partial charge is 0.493 e. The zero-order valence-electron chi connectivity index (χ0n) is 26.5. The third kappa shape index (κ3) is 9.18. The summed E-state index contributed by atoms with van der Waals surface area (Å²) < 4.78 is 40.3. The fourth-order valence-corrected chi connectivity index (χ4v) is 6.78. The highest BCUT2D eigenvalue weighted by atomic mass is 35.5. The van der Waals surface area contributed by atoms with E-state index in [1.807, 2.05) is 44.2 Å². The summed E-state index contributed by atoms with van der Waals surface area (Å²) >= 11 is 12.4. The van der Waals surface area contributed by atoms with Gasteiger partial charge in [0.1, 0.15) is 12.6 Å². The highest BCUT2D eigenvalue weighted by Crippen LogP contribution is 2.33. The number of sulfonamides is 1. The van der Waals surface area contributed by atoms with E-state index in [1.54, 1.807) is 24.3 Å². The first kappa shape index (κ1) is 35.6. The van der Waals surface area contributed by atoms with Crippen LogP contribution in [0.15, 0.2) is 102 Å². The molecule has 0 fully saturated rings. The predicted molar refractivity (Wildman–Crippen MR) is 185 cm³/mol. The quantitative estimate of drug-likeness (QED) is 0.164.